The van der Waals surface area contributed by atoms with Crippen molar-refractivity contribution >= 4 is 21.8 Å². The topological polar surface area (TPSA) is 104 Å². The first-order valence-electron chi connectivity index (χ1n) is 7.04. The number of likely N-dealkylation sites (tertiary alicyclic amines) is 1. The predicted octanol–water partition coefficient (Wildman–Crippen LogP) is 0.584. The van der Waals surface area contributed by atoms with Gasteiger partial charge in [0, 0.05) is 24.9 Å². The third-order valence-corrected chi connectivity index (χ3v) is 5.21. The van der Waals surface area contributed by atoms with Gasteiger partial charge in [-0.15, -0.1) is 0 Å². The van der Waals surface area contributed by atoms with Crippen LogP contribution in [0.1, 0.15) is 25.7 Å². The zero-order valence-electron chi connectivity index (χ0n) is 11.7. The summed E-state index contributed by atoms with van der Waals surface area (Å²) in [6.45, 7) is 1.15. The molecule has 2 aliphatic heterocycles. The van der Waals surface area contributed by atoms with E-state index in [9.17, 15) is 18.0 Å². The fourth-order valence-electron chi connectivity index (χ4n) is 2.73. The number of aliphatic carboxylic acids is 1. The van der Waals surface area contributed by atoms with Crippen LogP contribution in [0.3, 0.4) is 0 Å². The molecule has 21 heavy (non-hydrogen) atoms. The number of nitrogens with one attached hydrogen (secondary N) is 1. The summed E-state index contributed by atoms with van der Waals surface area (Å²) in [6, 6.07) is -0.747. The van der Waals surface area contributed by atoms with Gasteiger partial charge in [-0.25, -0.2) is 13.2 Å². The van der Waals surface area contributed by atoms with Gasteiger partial charge in [0.15, 0.2) is 9.84 Å². The number of urea groups is 1. The van der Waals surface area contributed by atoms with Crippen LogP contribution >= 0.6 is 0 Å². The highest BCUT2D eigenvalue weighted by atomic mass is 32.2. The molecule has 0 spiro atoms. The third kappa shape index (κ3) is 4.73. The van der Waals surface area contributed by atoms with E-state index < -0.39 is 21.8 Å². The molecule has 2 amide bonds. The molecule has 2 N–H and O–H groups in total. The maximum absolute atomic E-state index is 12.1. The van der Waals surface area contributed by atoms with Crippen LogP contribution < -0.4 is 5.32 Å². The second kappa shape index (κ2) is 6.46. The Morgan fingerprint density at radius 3 is 2.76 bits per heavy atom. The first kappa shape index (κ1) is 15.8. The van der Waals surface area contributed by atoms with Crippen LogP contribution in [-0.2, 0) is 14.6 Å². The minimum atomic E-state index is -3.18. The summed E-state index contributed by atoms with van der Waals surface area (Å²) in [5, 5.41) is 12.5. The summed E-state index contributed by atoms with van der Waals surface area (Å²) in [7, 11) is -3.18. The number of carbonyl (C=O) groups is 2. The molecule has 1 saturated heterocycles. The standard InChI is InChI=1S/C13H20N2O5S/c16-12(17)4-3-10-2-1-6-15(8-10)13(18)14-11-5-7-21(19,20)9-11/h5,7,10-11H,1-4,6,8-9H2,(H,14,18)(H,16,17). The van der Waals surface area contributed by atoms with Gasteiger partial charge in [0.2, 0.25) is 0 Å². The quantitative estimate of drug-likeness (QED) is 0.789. The Labute approximate surface area is 123 Å². The van der Waals surface area contributed by atoms with E-state index in [0.29, 0.717) is 19.5 Å². The molecule has 7 nitrogen and oxygen atoms in total. The molecule has 118 valence electrons. The fourth-order valence-corrected chi connectivity index (χ4v) is 3.96. The highest BCUT2D eigenvalue weighted by Crippen LogP contribution is 2.21. The third-order valence-electron chi connectivity index (χ3n) is 3.81. The average molecular weight is 316 g/mol. The lowest BCUT2D eigenvalue weighted by atomic mass is 9.93. The van der Waals surface area contributed by atoms with Gasteiger partial charge in [-0.05, 0) is 31.3 Å². The number of carboxylic acids is 1. The van der Waals surface area contributed by atoms with Gasteiger partial charge in [0.25, 0.3) is 0 Å². The van der Waals surface area contributed by atoms with Crippen LogP contribution in [0, 0.1) is 5.92 Å². The normalized spacial score (nSPS) is 27.5. The Morgan fingerprint density at radius 1 is 1.38 bits per heavy atom. The van der Waals surface area contributed by atoms with Gasteiger partial charge in [-0.1, -0.05) is 0 Å². The Morgan fingerprint density at radius 2 is 2.14 bits per heavy atom. The van der Waals surface area contributed by atoms with Crippen LogP contribution in [0.2, 0.25) is 0 Å². The molecule has 0 aromatic carbocycles. The summed E-state index contributed by atoms with van der Waals surface area (Å²) < 4.78 is 22.6. The second-order valence-electron chi connectivity index (χ2n) is 5.60. The minimum absolute atomic E-state index is 0.0883. The van der Waals surface area contributed by atoms with Crippen molar-refractivity contribution in [1.82, 2.24) is 10.2 Å². The number of carbonyl (C=O) groups excluding carboxylic acids is 1. The first-order valence-corrected chi connectivity index (χ1v) is 8.75. The lowest BCUT2D eigenvalue weighted by Crippen LogP contribution is -2.48. The SMILES string of the molecule is O=C(O)CCC1CCCN(C(=O)NC2C=CS(=O)(=O)C2)C1. The minimum Gasteiger partial charge on any atom is -0.481 e. The van der Waals surface area contributed by atoms with Gasteiger partial charge >= 0.3 is 12.0 Å². The summed E-state index contributed by atoms with van der Waals surface area (Å²) in [5.41, 5.74) is 0. The number of piperidine rings is 1. The number of amides is 2. The van der Waals surface area contributed by atoms with Crippen LogP contribution in [0.25, 0.3) is 0 Å². The number of nitrogens with zero attached hydrogens (tertiary/aromatic N) is 1. The molecule has 2 rings (SSSR count). The Balaban J connectivity index is 1.82. The highest BCUT2D eigenvalue weighted by molar-refractivity contribution is 7.94. The van der Waals surface area contributed by atoms with E-state index in [1.54, 1.807) is 4.90 Å². The Kier molecular flexibility index (Phi) is 4.87. The zero-order valence-corrected chi connectivity index (χ0v) is 12.5. The number of hydrogen-bond acceptors (Lipinski definition) is 4. The maximum Gasteiger partial charge on any atom is 0.317 e. The van der Waals surface area contributed by atoms with Gasteiger partial charge in [-0.3, -0.25) is 4.79 Å². The smallest absolute Gasteiger partial charge is 0.317 e. The molecule has 2 unspecified atom stereocenters. The van der Waals surface area contributed by atoms with Crippen molar-refractivity contribution in [3.05, 3.63) is 11.5 Å². The molecule has 0 radical (unpaired) electrons. The number of hydrogen-bond donors (Lipinski definition) is 2. The monoisotopic (exact) mass is 316 g/mol. The van der Waals surface area contributed by atoms with Gasteiger partial charge in [0.05, 0.1) is 11.8 Å². The molecule has 0 bridgehead atoms. The predicted molar refractivity (Wildman–Crippen MR) is 76.4 cm³/mol. The fraction of sp³-hybridized carbons (Fsp3) is 0.692. The van der Waals surface area contributed by atoms with Gasteiger partial charge in [0.1, 0.15) is 0 Å². The number of sulfone groups is 1. The van der Waals surface area contributed by atoms with Crippen molar-refractivity contribution < 1.29 is 23.1 Å². The van der Waals surface area contributed by atoms with Crippen molar-refractivity contribution in [2.45, 2.75) is 31.7 Å². The van der Waals surface area contributed by atoms with E-state index in [2.05, 4.69) is 5.32 Å². The molecule has 8 heteroatoms. The van der Waals surface area contributed by atoms with Crippen LogP contribution in [0.15, 0.2) is 11.5 Å². The summed E-state index contributed by atoms with van der Waals surface area (Å²) in [5.74, 6) is -0.712. The molecule has 0 aromatic rings. The molecule has 0 aromatic heterocycles. The second-order valence-corrected chi connectivity index (χ2v) is 7.53. The maximum atomic E-state index is 12.1. The summed E-state index contributed by atoms with van der Waals surface area (Å²) >= 11 is 0. The molecule has 0 saturated carbocycles. The van der Waals surface area contributed by atoms with Gasteiger partial charge in [-0.2, -0.15) is 0 Å². The van der Waals surface area contributed by atoms with Crippen LogP contribution in [-0.4, -0.2) is 55.3 Å². The van der Waals surface area contributed by atoms with Crippen molar-refractivity contribution in [1.29, 1.82) is 0 Å². The largest absolute Gasteiger partial charge is 0.481 e. The molecule has 2 atom stereocenters. The van der Waals surface area contributed by atoms with E-state index >= 15 is 0 Å². The summed E-state index contributed by atoms with van der Waals surface area (Å²) in [6.07, 6.45) is 3.94. The van der Waals surface area contributed by atoms with E-state index in [1.807, 2.05) is 0 Å². The molecule has 2 aliphatic rings. The number of carboxylic acid groups (broad SMARTS) is 1. The van der Waals surface area contributed by atoms with E-state index in [1.165, 1.54) is 6.08 Å². The van der Waals surface area contributed by atoms with Crippen LogP contribution in [0.5, 0.6) is 0 Å². The molecule has 1 fully saturated rings. The molecule has 2 heterocycles. The molecular formula is C13H20N2O5S. The van der Waals surface area contributed by atoms with E-state index in [4.69, 9.17) is 5.11 Å². The van der Waals surface area contributed by atoms with Crippen molar-refractivity contribution in [2.75, 3.05) is 18.8 Å². The molecular weight excluding hydrogens is 296 g/mol. The van der Waals surface area contributed by atoms with Crippen molar-refractivity contribution in [3.63, 3.8) is 0 Å². The van der Waals surface area contributed by atoms with E-state index in [0.717, 1.165) is 18.2 Å². The van der Waals surface area contributed by atoms with Crippen molar-refractivity contribution in [3.8, 4) is 0 Å². The Hall–Kier alpha value is -1.57. The Bertz CT molecular complexity index is 543. The first-order chi connectivity index (χ1) is 9.85. The van der Waals surface area contributed by atoms with Crippen molar-refractivity contribution in [2.24, 2.45) is 5.92 Å². The van der Waals surface area contributed by atoms with E-state index in [-0.39, 0.29) is 24.1 Å². The zero-order chi connectivity index (χ0) is 15.5. The molecule has 0 aliphatic carbocycles. The lowest BCUT2D eigenvalue weighted by Gasteiger charge is -2.33. The lowest BCUT2D eigenvalue weighted by molar-refractivity contribution is -0.137. The number of rotatable bonds is 4. The van der Waals surface area contributed by atoms with Gasteiger partial charge < -0.3 is 15.3 Å². The average Bonchev–Trinajstić information content (AvgIpc) is 2.76. The summed E-state index contributed by atoms with van der Waals surface area (Å²) in [4.78, 5) is 24.4. The highest BCUT2D eigenvalue weighted by Gasteiger charge is 2.28. The van der Waals surface area contributed by atoms with Crippen LogP contribution in [0.4, 0.5) is 4.79 Å².